The van der Waals surface area contributed by atoms with Gasteiger partial charge in [-0.25, -0.2) is 0 Å². The summed E-state index contributed by atoms with van der Waals surface area (Å²) in [5, 5.41) is 8.52. The molecule has 0 bridgehead atoms. The van der Waals surface area contributed by atoms with Gasteiger partial charge in [-0.2, -0.15) is 13.2 Å². The molecule has 1 aromatic carbocycles. The fourth-order valence-electron chi connectivity index (χ4n) is 1.28. The molecule has 1 atom stereocenters. The number of aliphatic carboxylic acids is 1. The van der Waals surface area contributed by atoms with Crippen LogP contribution in [0.25, 0.3) is 0 Å². The fourth-order valence-corrected chi connectivity index (χ4v) is 1.28. The Morgan fingerprint density at radius 3 is 2.40 bits per heavy atom. The lowest BCUT2D eigenvalue weighted by atomic mass is 10.1. The third-order valence-corrected chi connectivity index (χ3v) is 2.31. The molecule has 0 spiro atoms. The van der Waals surface area contributed by atoms with Crippen LogP contribution < -0.4 is 16.2 Å². The van der Waals surface area contributed by atoms with Crippen LogP contribution in [0.1, 0.15) is 15.9 Å². The second kappa shape index (κ2) is 5.78. The molecular formula is C11H11F3N2O4. The van der Waals surface area contributed by atoms with E-state index in [1.807, 2.05) is 0 Å². The highest BCUT2D eigenvalue weighted by Crippen LogP contribution is 2.36. The van der Waals surface area contributed by atoms with E-state index in [0.717, 1.165) is 12.1 Å². The monoisotopic (exact) mass is 292 g/mol. The van der Waals surface area contributed by atoms with Gasteiger partial charge in [0.05, 0.1) is 5.56 Å². The molecule has 0 saturated heterocycles. The highest BCUT2D eigenvalue weighted by molar-refractivity contribution is 5.93. The Morgan fingerprint density at radius 2 is 1.95 bits per heavy atom. The molecular weight excluding hydrogens is 281 g/mol. The van der Waals surface area contributed by atoms with Crippen LogP contribution in [0.5, 0.6) is 5.75 Å². The van der Waals surface area contributed by atoms with Crippen LogP contribution in [-0.2, 0) is 11.0 Å². The SMILES string of the molecule is NC(=O)c1ccc(OCC(N)C(=O)O)c(C(F)(F)F)c1. The van der Waals surface area contributed by atoms with Crippen molar-refractivity contribution in [1.29, 1.82) is 0 Å². The van der Waals surface area contributed by atoms with Gasteiger partial charge in [-0.15, -0.1) is 0 Å². The average molecular weight is 292 g/mol. The Hall–Kier alpha value is -2.29. The number of primary amides is 1. The van der Waals surface area contributed by atoms with Gasteiger partial charge < -0.3 is 21.3 Å². The van der Waals surface area contributed by atoms with Crippen LogP contribution in [-0.4, -0.2) is 29.6 Å². The van der Waals surface area contributed by atoms with Crippen molar-refractivity contribution in [2.45, 2.75) is 12.2 Å². The first-order chi connectivity index (χ1) is 9.12. The van der Waals surface area contributed by atoms with Gasteiger partial charge in [-0.3, -0.25) is 9.59 Å². The van der Waals surface area contributed by atoms with Crippen LogP contribution in [0.15, 0.2) is 18.2 Å². The Morgan fingerprint density at radius 1 is 1.35 bits per heavy atom. The molecule has 1 unspecified atom stereocenters. The molecule has 1 rings (SSSR count). The smallest absolute Gasteiger partial charge is 0.419 e. The van der Waals surface area contributed by atoms with E-state index in [0.29, 0.717) is 6.07 Å². The maximum Gasteiger partial charge on any atom is 0.419 e. The predicted molar refractivity (Wildman–Crippen MR) is 61.1 cm³/mol. The molecule has 0 aliphatic rings. The molecule has 5 N–H and O–H groups in total. The van der Waals surface area contributed by atoms with Gasteiger partial charge in [-0.1, -0.05) is 0 Å². The maximum atomic E-state index is 12.8. The lowest BCUT2D eigenvalue weighted by Gasteiger charge is -2.16. The average Bonchev–Trinajstić information content (AvgIpc) is 2.34. The van der Waals surface area contributed by atoms with Crippen LogP contribution in [0.2, 0.25) is 0 Å². The molecule has 0 fully saturated rings. The summed E-state index contributed by atoms with van der Waals surface area (Å²) in [5.41, 5.74) is 8.44. The number of carbonyl (C=O) groups is 2. The van der Waals surface area contributed by atoms with E-state index in [1.165, 1.54) is 0 Å². The number of amides is 1. The molecule has 0 radical (unpaired) electrons. The molecule has 0 aromatic heterocycles. The zero-order chi connectivity index (χ0) is 15.5. The lowest BCUT2D eigenvalue weighted by Crippen LogP contribution is -2.36. The zero-order valence-electron chi connectivity index (χ0n) is 9.98. The molecule has 0 saturated carbocycles. The Bertz CT molecular complexity index is 531. The van der Waals surface area contributed by atoms with Crippen LogP contribution in [0, 0.1) is 0 Å². The first-order valence-corrected chi connectivity index (χ1v) is 5.25. The number of carboxylic acids is 1. The standard InChI is InChI=1S/C11H11F3N2O4/c12-11(13,14)6-3-5(9(16)17)1-2-8(6)20-4-7(15)10(18)19/h1-3,7H,4,15H2,(H2,16,17)(H,18,19). The largest absolute Gasteiger partial charge is 0.491 e. The molecule has 20 heavy (non-hydrogen) atoms. The van der Waals surface area contributed by atoms with Crippen molar-refractivity contribution >= 4 is 11.9 Å². The van der Waals surface area contributed by atoms with E-state index in [-0.39, 0.29) is 5.56 Å². The number of carbonyl (C=O) groups excluding carboxylic acids is 1. The number of carboxylic acid groups (broad SMARTS) is 1. The van der Waals surface area contributed by atoms with Gasteiger partial charge in [-0.05, 0) is 18.2 Å². The molecule has 0 heterocycles. The quantitative estimate of drug-likeness (QED) is 0.734. The zero-order valence-corrected chi connectivity index (χ0v) is 9.98. The topological polar surface area (TPSA) is 116 Å². The molecule has 0 aliphatic heterocycles. The molecule has 9 heteroatoms. The van der Waals surface area contributed by atoms with E-state index in [1.54, 1.807) is 0 Å². The number of benzene rings is 1. The third kappa shape index (κ3) is 3.85. The third-order valence-electron chi connectivity index (χ3n) is 2.31. The first-order valence-electron chi connectivity index (χ1n) is 5.25. The number of hydrogen-bond acceptors (Lipinski definition) is 4. The normalized spacial score (nSPS) is 12.8. The highest BCUT2D eigenvalue weighted by atomic mass is 19.4. The van der Waals surface area contributed by atoms with Crippen LogP contribution >= 0.6 is 0 Å². The minimum atomic E-state index is -4.78. The Kier molecular flexibility index (Phi) is 4.56. The lowest BCUT2D eigenvalue weighted by molar-refractivity contribution is -0.139. The summed E-state index contributed by atoms with van der Waals surface area (Å²) in [6, 6.07) is 0.993. The Labute approximate surface area is 111 Å². The molecule has 1 aromatic rings. The second-order valence-corrected chi connectivity index (χ2v) is 3.83. The Balaban J connectivity index is 3.07. The molecule has 110 valence electrons. The van der Waals surface area contributed by atoms with Crippen molar-refractivity contribution in [3.8, 4) is 5.75 Å². The first kappa shape index (κ1) is 15.8. The van der Waals surface area contributed by atoms with Gasteiger partial charge in [0.15, 0.2) is 0 Å². The van der Waals surface area contributed by atoms with E-state index in [2.05, 4.69) is 0 Å². The van der Waals surface area contributed by atoms with Crippen LogP contribution in [0.4, 0.5) is 13.2 Å². The van der Waals surface area contributed by atoms with E-state index in [9.17, 15) is 22.8 Å². The minimum absolute atomic E-state index is 0.341. The minimum Gasteiger partial charge on any atom is -0.491 e. The molecule has 6 nitrogen and oxygen atoms in total. The molecule has 0 aliphatic carbocycles. The number of alkyl halides is 3. The van der Waals surface area contributed by atoms with E-state index < -0.39 is 42.0 Å². The van der Waals surface area contributed by atoms with E-state index >= 15 is 0 Å². The number of rotatable bonds is 5. The number of ether oxygens (including phenoxy) is 1. The van der Waals surface area contributed by atoms with Crippen molar-refractivity contribution in [3.63, 3.8) is 0 Å². The number of hydrogen-bond donors (Lipinski definition) is 3. The number of nitrogens with two attached hydrogens (primary N) is 2. The summed E-state index contributed by atoms with van der Waals surface area (Å²) in [4.78, 5) is 21.3. The van der Waals surface area contributed by atoms with Crippen molar-refractivity contribution in [2.24, 2.45) is 11.5 Å². The van der Waals surface area contributed by atoms with Gasteiger partial charge >= 0.3 is 12.1 Å². The van der Waals surface area contributed by atoms with Crippen molar-refractivity contribution in [1.82, 2.24) is 0 Å². The summed E-state index contributed by atoms with van der Waals surface area (Å²) in [6.45, 7) is -0.645. The number of halogens is 3. The maximum absolute atomic E-state index is 12.8. The predicted octanol–water partition coefficient (Wildman–Crippen LogP) is 0.595. The second-order valence-electron chi connectivity index (χ2n) is 3.83. The van der Waals surface area contributed by atoms with E-state index in [4.69, 9.17) is 21.3 Å². The molecule has 1 amide bonds. The van der Waals surface area contributed by atoms with Crippen molar-refractivity contribution < 1.29 is 32.6 Å². The summed E-state index contributed by atoms with van der Waals surface area (Å²) >= 11 is 0. The summed E-state index contributed by atoms with van der Waals surface area (Å²) in [6.07, 6.45) is -4.78. The summed E-state index contributed by atoms with van der Waals surface area (Å²) in [7, 11) is 0. The summed E-state index contributed by atoms with van der Waals surface area (Å²) in [5.74, 6) is -3.06. The van der Waals surface area contributed by atoms with Gasteiger partial charge in [0, 0.05) is 5.56 Å². The highest BCUT2D eigenvalue weighted by Gasteiger charge is 2.35. The van der Waals surface area contributed by atoms with Crippen molar-refractivity contribution in [3.05, 3.63) is 29.3 Å². The van der Waals surface area contributed by atoms with Gasteiger partial charge in [0.25, 0.3) is 0 Å². The van der Waals surface area contributed by atoms with Crippen LogP contribution in [0.3, 0.4) is 0 Å². The fraction of sp³-hybridized carbons (Fsp3) is 0.273. The van der Waals surface area contributed by atoms with Gasteiger partial charge in [0.1, 0.15) is 18.4 Å². The van der Waals surface area contributed by atoms with Crippen molar-refractivity contribution in [2.75, 3.05) is 6.61 Å². The summed E-state index contributed by atoms with van der Waals surface area (Å²) < 4.78 is 43.1. The van der Waals surface area contributed by atoms with Gasteiger partial charge in [0.2, 0.25) is 5.91 Å².